The maximum Gasteiger partial charge on any atom is 0.222 e. The highest BCUT2D eigenvalue weighted by atomic mass is 19.1. The Kier molecular flexibility index (Phi) is 3.05. The average molecular weight is 256 g/mol. The van der Waals surface area contributed by atoms with Crippen molar-refractivity contribution < 1.29 is 22.8 Å². The van der Waals surface area contributed by atoms with Crippen LogP contribution in [0.15, 0.2) is 16.7 Å². The van der Waals surface area contributed by atoms with E-state index < -0.39 is 11.6 Å². The molecule has 0 radical (unpaired) electrons. The van der Waals surface area contributed by atoms with Gasteiger partial charge in [-0.3, -0.25) is 0 Å². The number of methoxy groups -OCH3 is 2. The Morgan fingerprint density at radius 3 is 2.28 bits per heavy atom. The maximum atomic E-state index is 13.8. The molecule has 2 N–H and O–H groups in total. The molecule has 0 saturated carbocycles. The minimum absolute atomic E-state index is 0.00902. The van der Waals surface area contributed by atoms with Gasteiger partial charge in [-0.25, -0.2) is 8.78 Å². The molecule has 7 heteroatoms. The molecule has 1 aromatic heterocycles. The molecule has 96 valence electrons. The second-order valence-corrected chi connectivity index (χ2v) is 3.40. The van der Waals surface area contributed by atoms with Crippen LogP contribution in [0.4, 0.5) is 14.7 Å². The van der Waals surface area contributed by atoms with E-state index in [1.165, 1.54) is 20.3 Å². The van der Waals surface area contributed by atoms with E-state index in [9.17, 15) is 8.78 Å². The zero-order valence-corrected chi connectivity index (χ0v) is 9.66. The highest BCUT2D eigenvalue weighted by Crippen LogP contribution is 2.41. The molecule has 0 spiro atoms. The summed E-state index contributed by atoms with van der Waals surface area (Å²) >= 11 is 0. The first-order valence-corrected chi connectivity index (χ1v) is 4.91. The topological polar surface area (TPSA) is 70.5 Å². The maximum absolute atomic E-state index is 13.8. The molecule has 1 aromatic carbocycles. The van der Waals surface area contributed by atoms with Crippen LogP contribution >= 0.6 is 0 Å². The number of hydrogen-bond donors (Lipinski definition) is 1. The van der Waals surface area contributed by atoms with Crippen LogP contribution in [0.5, 0.6) is 11.5 Å². The zero-order chi connectivity index (χ0) is 13.3. The molecule has 0 aliphatic heterocycles. The number of hydrogen-bond acceptors (Lipinski definition) is 5. The lowest BCUT2D eigenvalue weighted by molar-refractivity contribution is 0.335. The third-order valence-corrected chi connectivity index (χ3v) is 2.34. The van der Waals surface area contributed by atoms with Crippen LogP contribution in [0.1, 0.15) is 0 Å². The van der Waals surface area contributed by atoms with Crippen molar-refractivity contribution in [3.8, 4) is 22.8 Å². The first-order chi connectivity index (χ1) is 8.58. The highest BCUT2D eigenvalue weighted by Gasteiger charge is 2.23. The van der Waals surface area contributed by atoms with Crippen molar-refractivity contribution in [3.63, 3.8) is 0 Å². The van der Waals surface area contributed by atoms with Crippen LogP contribution in [-0.2, 0) is 0 Å². The average Bonchev–Trinajstić information content (AvgIpc) is 2.74. The summed E-state index contributed by atoms with van der Waals surface area (Å²) in [5.41, 5.74) is 5.38. The Hall–Kier alpha value is -2.31. The van der Waals surface area contributed by atoms with Crippen molar-refractivity contribution in [2.45, 2.75) is 0 Å². The fourth-order valence-electron chi connectivity index (χ4n) is 1.61. The van der Waals surface area contributed by atoms with Gasteiger partial charge in [0, 0.05) is 12.1 Å². The molecule has 0 amide bonds. The first-order valence-electron chi connectivity index (χ1n) is 4.91. The normalized spacial score (nSPS) is 10.4. The Balaban J connectivity index is 2.73. The van der Waals surface area contributed by atoms with Gasteiger partial charge in [-0.15, -0.1) is 0 Å². The summed E-state index contributed by atoms with van der Waals surface area (Å²) in [7, 11) is 2.52. The first kappa shape index (κ1) is 12.2. The fourth-order valence-corrected chi connectivity index (χ4v) is 1.61. The SMILES string of the molecule is COc1c(F)cc(F)c(-c2cc(N)on2)c1OC. The van der Waals surface area contributed by atoms with Crippen molar-refractivity contribution in [2.75, 3.05) is 20.0 Å². The molecule has 2 rings (SSSR count). The van der Waals surface area contributed by atoms with Crippen molar-refractivity contribution in [3.05, 3.63) is 23.8 Å². The van der Waals surface area contributed by atoms with Crippen molar-refractivity contribution >= 4 is 5.88 Å². The quantitative estimate of drug-likeness (QED) is 0.911. The molecule has 0 bridgehead atoms. The molecule has 0 aliphatic carbocycles. The molecule has 0 unspecified atom stereocenters. The van der Waals surface area contributed by atoms with Gasteiger partial charge in [0.05, 0.1) is 19.8 Å². The summed E-state index contributed by atoms with van der Waals surface area (Å²) in [4.78, 5) is 0. The second-order valence-electron chi connectivity index (χ2n) is 3.40. The highest BCUT2D eigenvalue weighted by molar-refractivity contribution is 5.73. The van der Waals surface area contributed by atoms with Gasteiger partial charge in [-0.05, 0) is 0 Å². The molecular weight excluding hydrogens is 246 g/mol. The van der Waals surface area contributed by atoms with Crippen LogP contribution in [-0.4, -0.2) is 19.4 Å². The number of aromatic nitrogens is 1. The van der Waals surface area contributed by atoms with Gasteiger partial charge in [-0.2, -0.15) is 0 Å². The number of nitrogens with zero attached hydrogens (tertiary/aromatic N) is 1. The lowest BCUT2D eigenvalue weighted by Crippen LogP contribution is -1.99. The van der Waals surface area contributed by atoms with Crippen LogP contribution < -0.4 is 15.2 Å². The molecule has 0 aliphatic rings. The van der Waals surface area contributed by atoms with Gasteiger partial charge < -0.3 is 19.7 Å². The number of anilines is 1. The van der Waals surface area contributed by atoms with E-state index in [1.807, 2.05) is 0 Å². The molecule has 0 atom stereocenters. The van der Waals surface area contributed by atoms with Crippen molar-refractivity contribution in [2.24, 2.45) is 0 Å². The Morgan fingerprint density at radius 1 is 1.11 bits per heavy atom. The molecule has 5 nitrogen and oxygen atoms in total. The number of halogens is 2. The Bertz CT molecular complexity index is 584. The second kappa shape index (κ2) is 4.52. The van der Waals surface area contributed by atoms with E-state index in [4.69, 9.17) is 15.2 Å². The Labute approximate surface area is 101 Å². The summed E-state index contributed by atoms with van der Waals surface area (Å²) < 4.78 is 41.7. The number of ether oxygens (including phenoxy) is 2. The van der Waals surface area contributed by atoms with Crippen LogP contribution in [0, 0.1) is 11.6 Å². The summed E-state index contributed by atoms with van der Waals surface area (Å²) in [5.74, 6) is -2.03. The summed E-state index contributed by atoms with van der Waals surface area (Å²) in [6.45, 7) is 0. The predicted octanol–water partition coefficient (Wildman–Crippen LogP) is 2.22. The molecule has 18 heavy (non-hydrogen) atoms. The third-order valence-electron chi connectivity index (χ3n) is 2.34. The standard InChI is InChI=1S/C11H10F2N2O3/c1-16-10-6(13)3-5(12)9(11(10)17-2)7-4-8(14)18-15-7/h3-4H,14H2,1-2H3. The summed E-state index contributed by atoms with van der Waals surface area (Å²) in [5, 5.41) is 3.56. The minimum atomic E-state index is -0.868. The Morgan fingerprint density at radius 2 is 1.78 bits per heavy atom. The van der Waals surface area contributed by atoms with E-state index >= 15 is 0 Å². The number of benzene rings is 1. The van der Waals surface area contributed by atoms with Gasteiger partial charge in [0.2, 0.25) is 5.88 Å². The smallest absolute Gasteiger partial charge is 0.222 e. The van der Waals surface area contributed by atoms with Gasteiger partial charge in [0.25, 0.3) is 0 Å². The van der Waals surface area contributed by atoms with E-state index in [-0.39, 0.29) is 28.6 Å². The third kappa shape index (κ3) is 1.83. The lowest BCUT2D eigenvalue weighted by Gasteiger charge is -2.12. The zero-order valence-electron chi connectivity index (χ0n) is 9.66. The molecule has 0 saturated heterocycles. The number of nitrogen functional groups attached to an aromatic ring is 1. The van der Waals surface area contributed by atoms with E-state index in [1.54, 1.807) is 0 Å². The largest absolute Gasteiger partial charge is 0.492 e. The fraction of sp³-hybridized carbons (Fsp3) is 0.182. The van der Waals surface area contributed by atoms with Gasteiger partial charge in [0.1, 0.15) is 11.5 Å². The number of nitrogens with two attached hydrogens (primary N) is 1. The predicted molar refractivity (Wildman–Crippen MR) is 59.4 cm³/mol. The van der Waals surface area contributed by atoms with Gasteiger partial charge >= 0.3 is 0 Å². The van der Waals surface area contributed by atoms with E-state index in [2.05, 4.69) is 9.68 Å². The molecular formula is C11H10F2N2O3. The molecule has 2 aromatic rings. The van der Waals surface area contributed by atoms with Gasteiger partial charge in [0.15, 0.2) is 17.3 Å². The lowest BCUT2D eigenvalue weighted by atomic mass is 10.1. The molecule has 1 heterocycles. The van der Waals surface area contributed by atoms with Gasteiger partial charge in [-0.1, -0.05) is 5.16 Å². The van der Waals surface area contributed by atoms with Crippen molar-refractivity contribution in [1.82, 2.24) is 5.16 Å². The summed E-state index contributed by atoms with van der Waals surface area (Å²) in [6.07, 6.45) is 0. The van der Waals surface area contributed by atoms with E-state index in [0.29, 0.717) is 6.07 Å². The minimum Gasteiger partial charge on any atom is -0.492 e. The van der Waals surface area contributed by atoms with Crippen LogP contribution in [0.3, 0.4) is 0 Å². The molecule has 0 fully saturated rings. The number of rotatable bonds is 3. The van der Waals surface area contributed by atoms with Crippen LogP contribution in [0.2, 0.25) is 0 Å². The van der Waals surface area contributed by atoms with E-state index in [0.717, 1.165) is 0 Å². The van der Waals surface area contributed by atoms with Crippen molar-refractivity contribution in [1.29, 1.82) is 0 Å². The monoisotopic (exact) mass is 256 g/mol. The van der Waals surface area contributed by atoms with Crippen LogP contribution in [0.25, 0.3) is 11.3 Å². The summed E-state index contributed by atoms with van der Waals surface area (Å²) in [6, 6.07) is 1.99.